The molecule has 0 unspecified atom stereocenters. The fourth-order valence-corrected chi connectivity index (χ4v) is 2.94. The third-order valence-electron chi connectivity index (χ3n) is 3.72. The van der Waals surface area contributed by atoms with E-state index in [0.717, 1.165) is 11.4 Å². The van der Waals surface area contributed by atoms with Crippen molar-refractivity contribution >= 4 is 23.0 Å². The molecule has 0 heterocycles. The Kier molecular flexibility index (Phi) is 6.21. The molecular weight excluding hydrogens is 316 g/mol. The Bertz CT molecular complexity index is 695. The molecular formula is C20H26N2OS. The van der Waals surface area contributed by atoms with Crippen molar-refractivity contribution in [2.75, 3.05) is 5.32 Å². The van der Waals surface area contributed by atoms with Gasteiger partial charge in [0.15, 0.2) is 5.11 Å². The van der Waals surface area contributed by atoms with Gasteiger partial charge in [0.2, 0.25) is 0 Å². The van der Waals surface area contributed by atoms with Crippen LogP contribution in [-0.2, 0) is 0 Å². The SMILES string of the molecule is Cc1ccc([C@@H](C)NC(=S)Nc2ccc(OC(C)C)cc2)c(C)c1. The van der Waals surface area contributed by atoms with E-state index < -0.39 is 0 Å². The summed E-state index contributed by atoms with van der Waals surface area (Å²) in [5.74, 6) is 0.859. The van der Waals surface area contributed by atoms with Crippen molar-refractivity contribution < 1.29 is 4.74 Å². The monoisotopic (exact) mass is 342 g/mol. The molecule has 0 amide bonds. The third kappa shape index (κ3) is 5.24. The smallest absolute Gasteiger partial charge is 0.171 e. The molecule has 0 aliphatic rings. The van der Waals surface area contributed by atoms with Crippen LogP contribution in [0.25, 0.3) is 0 Å². The number of aryl methyl sites for hydroxylation is 2. The first-order valence-electron chi connectivity index (χ1n) is 8.26. The molecule has 2 aromatic rings. The molecule has 0 radical (unpaired) electrons. The quantitative estimate of drug-likeness (QED) is 0.737. The Morgan fingerprint density at radius 2 is 1.67 bits per heavy atom. The molecule has 1 atom stereocenters. The lowest BCUT2D eigenvalue weighted by Crippen LogP contribution is -2.31. The Hall–Kier alpha value is -2.07. The summed E-state index contributed by atoms with van der Waals surface area (Å²) in [4.78, 5) is 0. The van der Waals surface area contributed by atoms with Gasteiger partial charge in [-0.15, -0.1) is 0 Å². The summed E-state index contributed by atoms with van der Waals surface area (Å²) >= 11 is 5.43. The molecule has 2 aromatic carbocycles. The number of anilines is 1. The predicted molar refractivity (Wildman–Crippen MR) is 106 cm³/mol. The van der Waals surface area contributed by atoms with Crippen LogP contribution in [0.15, 0.2) is 42.5 Å². The van der Waals surface area contributed by atoms with Gasteiger partial charge in [0.1, 0.15) is 5.75 Å². The molecule has 0 aliphatic carbocycles. The van der Waals surface area contributed by atoms with Gasteiger partial charge in [0, 0.05) is 5.69 Å². The van der Waals surface area contributed by atoms with Gasteiger partial charge in [-0.05, 0) is 82.2 Å². The van der Waals surface area contributed by atoms with Crippen molar-refractivity contribution in [2.24, 2.45) is 0 Å². The van der Waals surface area contributed by atoms with Crippen LogP contribution in [0.2, 0.25) is 0 Å². The predicted octanol–water partition coefficient (Wildman–Crippen LogP) is 5.14. The van der Waals surface area contributed by atoms with Crippen LogP contribution in [-0.4, -0.2) is 11.2 Å². The zero-order valence-electron chi connectivity index (χ0n) is 15.0. The van der Waals surface area contributed by atoms with Gasteiger partial charge < -0.3 is 15.4 Å². The largest absolute Gasteiger partial charge is 0.491 e. The van der Waals surface area contributed by atoms with Gasteiger partial charge in [-0.1, -0.05) is 23.8 Å². The first kappa shape index (κ1) is 18.3. The van der Waals surface area contributed by atoms with Crippen LogP contribution in [0.4, 0.5) is 5.69 Å². The molecule has 0 saturated carbocycles. The number of hydrogen-bond acceptors (Lipinski definition) is 2. The Labute approximate surface area is 150 Å². The zero-order chi connectivity index (χ0) is 17.7. The van der Waals surface area contributed by atoms with Gasteiger partial charge >= 0.3 is 0 Å². The maximum absolute atomic E-state index is 5.64. The number of thiocarbonyl (C=S) groups is 1. The Balaban J connectivity index is 1.95. The Morgan fingerprint density at radius 1 is 1.00 bits per heavy atom. The molecule has 2 N–H and O–H groups in total. The minimum absolute atomic E-state index is 0.147. The highest BCUT2D eigenvalue weighted by atomic mass is 32.1. The summed E-state index contributed by atoms with van der Waals surface area (Å²) in [6, 6.07) is 14.4. The average Bonchev–Trinajstić information content (AvgIpc) is 2.48. The third-order valence-corrected chi connectivity index (χ3v) is 3.94. The number of rotatable bonds is 5. The van der Waals surface area contributed by atoms with E-state index in [9.17, 15) is 0 Å². The summed E-state index contributed by atoms with van der Waals surface area (Å²) in [6.07, 6.45) is 0.171. The minimum Gasteiger partial charge on any atom is -0.491 e. The average molecular weight is 343 g/mol. The van der Waals surface area contributed by atoms with E-state index >= 15 is 0 Å². The van der Waals surface area contributed by atoms with Crippen molar-refractivity contribution in [3.63, 3.8) is 0 Å². The Morgan fingerprint density at radius 3 is 2.25 bits per heavy atom. The second kappa shape index (κ2) is 8.15. The van der Waals surface area contributed by atoms with E-state index in [1.165, 1.54) is 16.7 Å². The topological polar surface area (TPSA) is 33.3 Å². The number of benzene rings is 2. The molecule has 3 nitrogen and oxygen atoms in total. The molecule has 2 rings (SSSR count). The minimum atomic E-state index is 0.147. The summed E-state index contributed by atoms with van der Waals surface area (Å²) in [5, 5.41) is 7.17. The second-order valence-electron chi connectivity index (χ2n) is 6.37. The van der Waals surface area contributed by atoms with Crippen molar-refractivity contribution in [3.05, 3.63) is 59.2 Å². The van der Waals surface area contributed by atoms with E-state index in [2.05, 4.69) is 49.6 Å². The van der Waals surface area contributed by atoms with E-state index in [1.807, 2.05) is 38.1 Å². The van der Waals surface area contributed by atoms with Gasteiger partial charge in [-0.2, -0.15) is 0 Å². The van der Waals surface area contributed by atoms with Crippen LogP contribution >= 0.6 is 12.2 Å². The lowest BCUT2D eigenvalue weighted by atomic mass is 10.0. The molecule has 0 aliphatic heterocycles. The molecule has 24 heavy (non-hydrogen) atoms. The molecule has 0 bridgehead atoms. The summed E-state index contributed by atoms with van der Waals surface area (Å²) in [7, 11) is 0. The number of hydrogen-bond donors (Lipinski definition) is 2. The first-order chi connectivity index (χ1) is 11.3. The van der Waals surface area contributed by atoms with Crippen LogP contribution in [0.3, 0.4) is 0 Å². The zero-order valence-corrected chi connectivity index (χ0v) is 15.8. The summed E-state index contributed by atoms with van der Waals surface area (Å²) in [5.41, 5.74) is 4.74. The van der Waals surface area contributed by atoms with E-state index in [1.54, 1.807) is 0 Å². The lowest BCUT2D eigenvalue weighted by molar-refractivity contribution is 0.242. The summed E-state index contributed by atoms with van der Waals surface area (Å²) in [6.45, 7) is 10.4. The van der Waals surface area contributed by atoms with Crippen LogP contribution < -0.4 is 15.4 Å². The fraction of sp³-hybridized carbons (Fsp3) is 0.350. The molecule has 128 valence electrons. The number of nitrogens with one attached hydrogen (secondary N) is 2. The van der Waals surface area contributed by atoms with Crippen molar-refractivity contribution in [3.8, 4) is 5.75 Å². The van der Waals surface area contributed by atoms with Gasteiger partial charge in [-0.3, -0.25) is 0 Å². The fourth-order valence-electron chi connectivity index (χ4n) is 2.64. The molecule has 0 fully saturated rings. The van der Waals surface area contributed by atoms with Crippen molar-refractivity contribution in [2.45, 2.75) is 46.8 Å². The molecule has 0 spiro atoms. The highest BCUT2D eigenvalue weighted by Crippen LogP contribution is 2.20. The molecule has 0 aromatic heterocycles. The van der Waals surface area contributed by atoms with Gasteiger partial charge in [0.05, 0.1) is 12.1 Å². The highest BCUT2D eigenvalue weighted by molar-refractivity contribution is 7.80. The maximum Gasteiger partial charge on any atom is 0.171 e. The highest BCUT2D eigenvalue weighted by Gasteiger charge is 2.10. The lowest BCUT2D eigenvalue weighted by Gasteiger charge is -2.19. The number of ether oxygens (including phenoxy) is 1. The van der Waals surface area contributed by atoms with Gasteiger partial charge in [0.25, 0.3) is 0 Å². The molecule has 0 saturated heterocycles. The van der Waals surface area contributed by atoms with E-state index in [4.69, 9.17) is 17.0 Å². The maximum atomic E-state index is 5.64. The summed E-state index contributed by atoms with van der Waals surface area (Å²) < 4.78 is 5.64. The van der Waals surface area contributed by atoms with E-state index in [-0.39, 0.29) is 12.1 Å². The van der Waals surface area contributed by atoms with Crippen molar-refractivity contribution in [1.29, 1.82) is 0 Å². The first-order valence-corrected chi connectivity index (χ1v) is 8.67. The van der Waals surface area contributed by atoms with Crippen LogP contribution in [0, 0.1) is 13.8 Å². The van der Waals surface area contributed by atoms with Crippen LogP contribution in [0.5, 0.6) is 5.75 Å². The molecule has 4 heteroatoms. The normalized spacial score (nSPS) is 11.9. The second-order valence-corrected chi connectivity index (χ2v) is 6.78. The standard InChI is InChI=1S/C20H26N2OS/c1-13(2)23-18-9-7-17(8-10-18)22-20(24)21-16(5)19-11-6-14(3)12-15(19)4/h6-13,16H,1-5H3,(H2,21,22,24)/t16-/m1/s1. The van der Waals surface area contributed by atoms with Gasteiger partial charge in [-0.25, -0.2) is 0 Å². The van der Waals surface area contributed by atoms with Crippen molar-refractivity contribution in [1.82, 2.24) is 5.32 Å². The van der Waals surface area contributed by atoms with E-state index in [0.29, 0.717) is 5.11 Å². The van der Waals surface area contributed by atoms with Crippen LogP contribution in [0.1, 0.15) is 43.5 Å².